The second kappa shape index (κ2) is 6.05. The van der Waals surface area contributed by atoms with E-state index < -0.39 is 0 Å². The van der Waals surface area contributed by atoms with Gasteiger partial charge in [0.05, 0.1) is 5.69 Å². The smallest absolute Gasteiger partial charge is 0.191 e. The van der Waals surface area contributed by atoms with E-state index in [4.69, 9.17) is 10.5 Å². The summed E-state index contributed by atoms with van der Waals surface area (Å²) in [6.45, 7) is 4.48. The minimum Gasteiger partial charge on any atom is -0.372 e. The Morgan fingerprint density at radius 3 is 3.05 bits per heavy atom. The van der Waals surface area contributed by atoms with E-state index in [1.54, 1.807) is 0 Å². The summed E-state index contributed by atoms with van der Waals surface area (Å²) in [5.41, 5.74) is 7.23. The van der Waals surface area contributed by atoms with Crippen molar-refractivity contribution in [3.05, 3.63) is 18.0 Å². The van der Waals surface area contributed by atoms with E-state index in [1.807, 2.05) is 17.9 Å². The number of nitrogens with two attached hydrogens (primary N) is 1. The molecule has 21 heavy (non-hydrogen) atoms. The van der Waals surface area contributed by atoms with Crippen molar-refractivity contribution >= 4 is 5.96 Å². The molecule has 2 heterocycles. The second-order valence-corrected chi connectivity index (χ2v) is 5.95. The molecule has 2 aliphatic rings. The Labute approximate surface area is 126 Å². The summed E-state index contributed by atoms with van der Waals surface area (Å²) in [5, 5.41) is 4.34. The highest BCUT2D eigenvalue weighted by atomic mass is 16.5. The number of ether oxygens (including phenoxy) is 1. The van der Waals surface area contributed by atoms with Gasteiger partial charge in [0.1, 0.15) is 6.10 Å². The Bertz CT molecular complexity index is 508. The quantitative estimate of drug-likeness (QED) is 0.657. The third-order valence-corrected chi connectivity index (χ3v) is 4.50. The third-order valence-electron chi connectivity index (χ3n) is 4.50. The Balaban J connectivity index is 1.65. The maximum Gasteiger partial charge on any atom is 0.191 e. The van der Waals surface area contributed by atoms with Crippen molar-refractivity contribution < 1.29 is 4.74 Å². The number of aliphatic imine (C=N–C) groups is 1. The Kier molecular flexibility index (Phi) is 4.14. The SMILES string of the molecule is CCn1nccc1[C@@H]1OCC[C@H]1CN=C(N)N(C)C1CC1. The molecule has 0 bridgehead atoms. The van der Waals surface area contributed by atoms with Crippen molar-refractivity contribution in [1.82, 2.24) is 14.7 Å². The number of rotatable bonds is 5. The number of aromatic nitrogens is 2. The van der Waals surface area contributed by atoms with Crippen LogP contribution in [0.2, 0.25) is 0 Å². The summed E-state index contributed by atoms with van der Waals surface area (Å²) in [5.74, 6) is 1.05. The molecule has 2 N–H and O–H groups in total. The minimum atomic E-state index is 0.0928. The van der Waals surface area contributed by atoms with Crippen LogP contribution in [0.3, 0.4) is 0 Å². The number of nitrogens with zero attached hydrogens (tertiary/aromatic N) is 4. The molecule has 1 aliphatic carbocycles. The molecule has 2 fully saturated rings. The highest BCUT2D eigenvalue weighted by Gasteiger charge is 2.32. The molecule has 0 unspecified atom stereocenters. The van der Waals surface area contributed by atoms with Crippen LogP contribution in [0.5, 0.6) is 0 Å². The molecule has 116 valence electrons. The van der Waals surface area contributed by atoms with E-state index >= 15 is 0 Å². The normalized spacial score (nSPS) is 26.3. The first-order valence-corrected chi connectivity index (χ1v) is 7.86. The van der Waals surface area contributed by atoms with Gasteiger partial charge in [-0.15, -0.1) is 0 Å². The van der Waals surface area contributed by atoms with Crippen molar-refractivity contribution in [3.63, 3.8) is 0 Å². The van der Waals surface area contributed by atoms with Gasteiger partial charge in [-0.2, -0.15) is 5.10 Å². The standard InChI is InChI=1S/C15H25N5O/c1-3-20-13(6-8-18-20)14-11(7-9-21-14)10-17-15(16)19(2)12-4-5-12/h6,8,11-12,14H,3-5,7,9-10H2,1-2H3,(H2,16,17)/t11-,14+/m0/s1. The molecule has 6 nitrogen and oxygen atoms in total. The molecule has 6 heteroatoms. The summed E-state index contributed by atoms with van der Waals surface area (Å²) < 4.78 is 7.93. The predicted octanol–water partition coefficient (Wildman–Crippen LogP) is 1.39. The molecule has 0 aromatic carbocycles. The highest BCUT2D eigenvalue weighted by molar-refractivity contribution is 5.78. The van der Waals surface area contributed by atoms with Crippen LogP contribution in [-0.2, 0) is 11.3 Å². The maximum absolute atomic E-state index is 6.07. The fourth-order valence-corrected chi connectivity index (χ4v) is 2.97. The van der Waals surface area contributed by atoms with Gasteiger partial charge >= 0.3 is 0 Å². The average molecular weight is 291 g/mol. The van der Waals surface area contributed by atoms with E-state index in [1.165, 1.54) is 12.8 Å². The molecule has 1 saturated carbocycles. The molecule has 1 saturated heterocycles. The monoisotopic (exact) mass is 291 g/mol. The number of hydrogen-bond acceptors (Lipinski definition) is 3. The number of aryl methyl sites for hydroxylation is 1. The molecule has 0 amide bonds. The molecule has 3 rings (SSSR count). The van der Waals surface area contributed by atoms with Gasteiger partial charge in [-0.25, -0.2) is 0 Å². The van der Waals surface area contributed by atoms with Crippen molar-refractivity contribution in [2.24, 2.45) is 16.6 Å². The van der Waals surface area contributed by atoms with Crippen molar-refractivity contribution in [1.29, 1.82) is 0 Å². The van der Waals surface area contributed by atoms with Gasteiger partial charge in [-0.3, -0.25) is 9.67 Å². The van der Waals surface area contributed by atoms with Gasteiger partial charge in [-0.1, -0.05) is 0 Å². The highest BCUT2D eigenvalue weighted by Crippen LogP contribution is 2.34. The Morgan fingerprint density at radius 1 is 1.52 bits per heavy atom. The topological polar surface area (TPSA) is 68.7 Å². The zero-order chi connectivity index (χ0) is 14.8. The fourth-order valence-electron chi connectivity index (χ4n) is 2.97. The lowest BCUT2D eigenvalue weighted by molar-refractivity contribution is 0.0850. The molecule has 2 atom stereocenters. The van der Waals surface area contributed by atoms with Gasteiger partial charge in [0.15, 0.2) is 5.96 Å². The second-order valence-electron chi connectivity index (χ2n) is 5.95. The van der Waals surface area contributed by atoms with Gasteiger partial charge in [0, 0.05) is 44.9 Å². The van der Waals surface area contributed by atoms with Crippen LogP contribution >= 0.6 is 0 Å². The number of hydrogen-bond donors (Lipinski definition) is 1. The molecule has 1 aliphatic heterocycles. The van der Waals surface area contributed by atoms with Gasteiger partial charge in [0.2, 0.25) is 0 Å². The molecule has 1 aromatic rings. The first-order valence-electron chi connectivity index (χ1n) is 7.86. The fraction of sp³-hybridized carbons (Fsp3) is 0.733. The van der Waals surface area contributed by atoms with E-state index in [0.717, 1.165) is 31.8 Å². The van der Waals surface area contributed by atoms with Gasteiger partial charge in [-0.05, 0) is 32.3 Å². The Morgan fingerprint density at radius 2 is 2.33 bits per heavy atom. The molecule has 1 aromatic heterocycles. The van der Waals surface area contributed by atoms with E-state index in [-0.39, 0.29) is 6.10 Å². The first-order chi connectivity index (χ1) is 10.2. The predicted molar refractivity (Wildman–Crippen MR) is 82.0 cm³/mol. The molecular weight excluding hydrogens is 266 g/mol. The Hall–Kier alpha value is -1.56. The summed E-state index contributed by atoms with van der Waals surface area (Å²) >= 11 is 0. The van der Waals surface area contributed by atoms with E-state index in [0.29, 0.717) is 17.9 Å². The van der Waals surface area contributed by atoms with Gasteiger partial charge < -0.3 is 15.4 Å². The number of guanidine groups is 1. The minimum absolute atomic E-state index is 0.0928. The van der Waals surface area contributed by atoms with Crippen molar-refractivity contribution in [3.8, 4) is 0 Å². The zero-order valence-corrected chi connectivity index (χ0v) is 12.9. The largest absolute Gasteiger partial charge is 0.372 e. The third kappa shape index (κ3) is 3.05. The van der Waals surface area contributed by atoms with Crippen LogP contribution in [0, 0.1) is 5.92 Å². The first kappa shape index (κ1) is 14.4. The van der Waals surface area contributed by atoms with Crippen molar-refractivity contribution in [2.75, 3.05) is 20.2 Å². The summed E-state index contributed by atoms with van der Waals surface area (Å²) in [4.78, 5) is 6.69. The van der Waals surface area contributed by atoms with Crippen molar-refractivity contribution in [2.45, 2.75) is 44.9 Å². The lowest BCUT2D eigenvalue weighted by atomic mass is 9.99. The van der Waals surface area contributed by atoms with E-state index in [2.05, 4.69) is 28.0 Å². The van der Waals surface area contributed by atoms with Crippen LogP contribution in [-0.4, -0.2) is 46.9 Å². The lowest BCUT2D eigenvalue weighted by Crippen LogP contribution is -2.36. The lowest BCUT2D eigenvalue weighted by Gasteiger charge is -2.20. The molecule has 0 spiro atoms. The zero-order valence-electron chi connectivity index (χ0n) is 12.9. The van der Waals surface area contributed by atoms with E-state index in [9.17, 15) is 0 Å². The van der Waals surface area contributed by atoms with Crippen LogP contribution in [0.25, 0.3) is 0 Å². The summed E-state index contributed by atoms with van der Waals surface area (Å²) in [6, 6.07) is 2.65. The van der Waals surface area contributed by atoms with Crippen LogP contribution in [0.15, 0.2) is 17.3 Å². The molecular formula is C15H25N5O. The van der Waals surface area contributed by atoms with Crippen LogP contribution in [0.1, 0.15) is 38.0 Å². The molecule has 0 radical (unpaired) electrons. The average Bonchev–Trinajstić information content (AvgIpc) is 3.06. The summed E-state index contributed by atoms with van der Waals surface area (Å²) in [6.07, 6.45) is 5.43. The van der Waals surface area contributed by atoms with Gasteiger partial charge in [0.25, 0.3) is 0 Å². The summed E-state index contributed by atoms with van der Waals surface area (Å²) in [7, 11) is 2.03. The van der Waals surface area contributed by atoms with Crippen LogP contribution in [0.4, 0.5) is 0 Å². The maximum atomic E-state index is 6.07. The van der Waals surface area contributed by atoms with Crippen LogP contribution < -0.4 is 5.73 Å².